The maximum absolute atomic E-state index is 12.7. The zero-order valence-electron chi connectivity index (χ0n) is 7.09. The largest absolute Gasteiger partial charge is 0.486 e. The Hall–Kier alpha value is -0.480. The SMILES string of the molecule is CC1/C=C\CC(C)OC(F)(F)O1. The van der Waals surface area contributed by atoms with Crippen molar-refractivity contribution in [3.8, 4) is 0 Å². The van der Waals surface area contributed by atoms with Crippen molar-refractivity contribution in [3.63, 3.8) is 0 Å². The van der Waals surface area contributed by atoms with E-state index in [1.54, 1.807) is 26.0 Å². The van der Waals surface area contributed by atoms with Crippen LogP contribution in [0.1, 0.15) is 20.3 Å². The minimum absolute atomic E-state index is 0.489. The normalized spacial score (nSPS) is 38.3. The molecule has 1 heterocycles. The van der Waals surface area contributed by atoms with Crippen molar-refractivity contribution in [2.24, 2.45) is 0 Å². The Kier molecular flexibility index (Phi) is 2.80. The molecule has 0 aromatic rings. The van der Waals surface area contributed by atoms with E-state index in [1.807, 2.05) is 0 Å². The van der Waals surface area contributed by atoms with Gasteiger partial charge in [-0.15, -0.1) is 8.78 Å². The Morgan fingerprint density at radius 2 is 2.00 bits per heavy atom. The smallest absolute Gasteiger partial charge is 0.292 e. The summed E-state index contributed by atoms with van der Waals surface area (Å²) < 4.78 is 34.0. The number of halogens is 2. The van der Waals surface area contributed by atoms with Gasteiger partial charge >= 0.3 is 6.29 Å². The summed E-state index contributed by atoms with van der Waals surface area (Å²) in [5.74, 6) is 0. The van der Waals surface area contributed by atoms with Gasteiger partial charge in [0.05, 0.1) is 12.2 Å². The zero-order valence-corrected chi connectivity index (χ0v) is 7.09. The van der Waals surface area contributed by atoms with E-state index in [4.69, 9.17) is 0 Å². The van der Waals surface area contributed by atoms with Crippen LogP contribution in [0.25, 0.3) is 0 Å². The second-order valence-corrected chi connectivity index (χ2v) is 2.88. The Morgan fingerprint density at radius 1 is 1.33 bits per heavy atom. The molecule has 0 saturated heterocycles. The van der Waals surface area contributed by atoms with E-state index < -0.39 is 18.5 Å². The van der Waals surface area contributed by atoms with Crippen molar-refractivity contribution in [3.05, 3.63) is 12.2 Å². The van der Waals surface area contributed by atoms with Crippen molar-refractivity contribution < 1.29 is 18.3 Å². The van der Waals surface area contributed by atoms with Crippen molar-refractivity contribution in [2.45, 2.75) is 38.8 Å². The predicted molar refractivity (Wildman–Crippen MR) is 39.8 cm³/mol. The molecule has 0 fully saturated rings. The van der Waals surface area contributed by atoms with E-state index in [1.165, 1.54) is 0 Å². The fourth-order valence-corrected chi connectivity index (χ4v) is 1.03. The van der Waals surface area contributed by atoms with E-state index >= 15 is 0 Å². The summed E-state index contributed by atoms with van der Waals surface area (Å²) in [7, 11) is 0. The van der Waals surface area contributed by atoms with Gasteiger partial charge in [0.1, 0.15) is 0 Å². The van der Waals surface area contributed by atoms with Crippen molar-refractivity contribution in [2.75, 3.05) is 0 Å². The molecule has 1 rings (SSSR count). The van der Waals surface area contributed by atoms with E-state index in [2.05, 4.69) is 9.47 Å². The molecule has 2 nitrogen and oxygen atoms in total. The minimum Gasteiger partial charge on any atom is -0.292 e. The minimum atomic E-state index is -3.45. The molecule has 0 spiro atoms. The molecule has 0 aromatic heterocycles. The Balaban J connectivity index is 2.65. The third-order valence-corrected chi connectivity index (χ3v) is 1.54. The second kappa shape index (κ2) is 3.49. The van der Waals surface area contributed by atoms with Gasteiger partial charge in [0.25, 0.3) is 0 Å². The first-order valence-electron chi connectivity index (χ1n) is 3.90. The molecule has 70 valence electrons. The van der Waals surface area contributed by atoms with Gasteiger partial charge in [0, 0.05) is 0 Å². The predicted octanol–water partition coefficient (Wildman–Crippen LogP) is 2.31. The molecule has 1 aliphatic rings. The van der Waals surface area contributed by atoms with Gasteiger partial charge in [-0.3, -0.25) is 9.47 Å². The van der Waals surface area contributed by atoms with E-state index in [0.717, 1.165) is 0 Å². The summed E-state index contributed by atoms with van der Waals surface area (Å²) in [5, 5.41) is 0. The number of rotatable bonds is 0. The molecule has 1 aliphatic heterocycles. The van der Waals surface area contributed by atoms with Gasteiger partial charge in [-0.2, -0.15) is 0 Å². The molecule has 0 saturated carbocycles. The van der Waals surface area contributed by atoms with Gasteiger partial charge in [-0.05, 0) is 20.3 Å². The van der Waals surface area contributed by atoms with Crippen LogP contribution in [0.5, 0.6) is 0 Å². The molecule has 4 heteroatoms. The number of hydrogen-bond donors (Lipinski definition) is 0. The Bertz CT molecular complexity index is 180. The van der Waals surface area contributed by atoms with Crippen LogP contribution in [0.2, 0.25) is 0 Å². The van der Waals surface area contributed by atoms with Gasteiger partial charge < -0.3 is 0 Å². The second-order valence-electron chi connectivity index (χ2n) is 2.88. The molecule has 0 amide bonds. The molecule has 0 N–H and O–H groups in total. The fourth-order valence-electron chi connectivity index (χ4n) is 1.03. The first-order valence-corrected chi connectivity index (χ1v) is 3.90. The summed E-state index contributed by atoms with van der Waals surface area (Å²) in [6.07, 6.45) is -0.694. The lowest BCUT2D eigenvalue weighted by atomic mass is 10.2. The first-order chi connectivity index (χ1) is 5.49. The van der Waals surface area contributed by atoms with Gasteiger partial charge in [0.15, 0.2) is 0 Å². The third-order valence-electron chi connectivity index (χ3n) is 1.54. The van der Waals surface area contributed by atoms with Crippen molar-refractivity contribution in [1.82, 2.24) is 0 Å². The average Bonchev–Trinajstić information content (AvgIpc) is 1.81. The topological polar surface area (TPSA) is 18.5 Å². The van der Waals surface area contributed by atoms with E-state index in [-0.39, 0.29) is 0 Å². The van der Waals surface area contributed by atoms with Crippen LogP contribution in [0, 0.1) is 0 Å². The third kappa shape index (κ3) is 2.87. The highest BCUT2D eigenvalue weighted by Gasteiger charge is 2.36. The highest BCUT2D eigenvalue weighted by Crippen LogP contribution is 2.24. The fraction of sp³-hybridized carbons (Fsp3) is 0.750. The maximum Gasteiger partial charge on any atom is 0.486 e. The van der Waals surface area contributed by atoms with Crippen LogP contribution >= 0.6 is 0 Å². The molecule has 2 atom stereocenters. The Morgan fingerprint density at radius 3 is 2.67 bits per heavy atom. The highest BCUT2D eigenvalue weighted by molar-refractivity contribution is 4.90. The van der Waals surface area contributed by atoms with Crippen LogP contribution in [0.15, 0.2) is 12.2 Å². The summed E-state index contributed by atoms with van der Waals surface area (Å²) in [6, 6.07) is 0. The summed E-state index contributed by atoms with van der Waals surface area (Å²) in [6.45, 7) is 3.13. The van der Waals surface area contributed by atoms with Crippen molar-refractivity contribution in [1.29, 1.82) is 0 Å². The molecule has 0 radical (unpaired) electrons. The molecule has 0 aromatic carbocycles. The summed E-state index contributed by atoms with van der Waals surface area (Å²) in [5.41, 5.74) is 0. The quantitative estimate of drug-likeness (QED) is 0.530. The monoisotopic (exact) mass is 178 g/mol. The van der Waals surface area contributed by atoms with Gasteiger partial charge in [0.2, 0.25) is 0 Å². The van der Waals surface area contributed by atoms with Crippen LogP contribution in [0.4, 0.5) is 8.78 Å². The lowest BCUT2D eigenvalue weighted by molar-refractivity contribution is -0.412. The molecule has 0 aliphatic carbocycles. The first kappa shape index (κ1) is 9.61. The van der Waals surface area contributed by atoms with E-state index in [9.17, 15) is 8.78 Å². The van der Waals surface area contributed by atoms with Gasteiger partial charge in [-0.25, -0.2) is 0 Å². The summed E-state index contributed by atoms with van der Waals surface area (Å²) >= 11 is 0. The van der Waals surface area contributed by atoms with Gasteiger partial charge in [-0.1, -0.05) is 12.2 Å². The van der Waals surface area contributed by atoms with E-state index in [0.29, 0.717) is 6.42 Å². The zero-order chi connectivity index (χ0) is 9.19. The van der Waals surface area contributed by atoms with Crippen LogP contribution < -0.4 is 0 Å². The lowest BCUT2D eigenvalue weighted by Gasteiger charge is -2.24. The van der Waals surface area contributed by atoms with Crippen LogP contribution in [-0.2, 0) is 9.47 Å². The van der Waals surface area contributed by atoms with Crippen LogP contribution in [-0.4, -0.2) is 18.5 Å². The van der Waals surface area contributed by atoms with Crippen molar-refractivity contribution >= 4 is 0 Å². The standard InChI is InChI=1S/C8H12F2O2/c1-6-4-3-5-7(2)12-8(9,10)11-6/h3-4,6-7H,5H2,1-2H3/b4-3-. The van der Waals surface area contributed by atoms with Crippen LogP contribution in [0.3, 0.4) is 0 Å². The molecular formula is C8H12F2O2. The highest BCUT2D eigenvalue weighted by atomic mass is 19.3. The average molecular weight is 178 g/mol. The maximum atomic E-state index is 12.7. The summed E-state index contributed by atoms with van der Waals surface area (Å²) in [4.78, 5) is 0. The lowest BCUT2D eigenvalue weighted by Crippen LogP contribution is -2.33. The number of hydrogen-bond acceptors (Lipinski definition) is 2. The molecule has 2 unspecified atom stereocenters. The molecular weight excluding hydrogens is 166 g/mol. The Labute approximate surface area is 70.2 Å². The molecule has 12 heavy (non-hydrogen) atoms. The number of alkyl halides is 2. The molecule has 0 bridgehead atoms. The number of ether oxygens (including phenoxy) is 2.